The number of nitrogens with zero attached hydrogens (tertiary/aromatic N) is 5. The van der Waals surface area contributed by atoms with Crippen molar-refractivity contribution in [3.63, 3.8) is 0 Å². The van der Waals surface area contributed by atoms with Crippen LogP contribution in [0.5, 0.6) is 5.75 Å². The minimum Gasteiger partial charge on any atom is -0.494 e. The van der Waals surface area contributed by atoms with Crippen LogP contribution in [0.15, 0.2) is 24.3 Å². The molecule has 12 nitrogen and oxygen atoms in total. The maximum atomic E-state index is 14.4. The number of likely N-dealkylation sites (tertiary alicyclic amines) is 1. The molecule has 1 aromatic heterocycles. The van der Waals surface area contributed by atoms with Crippen molar-refractivity contribution in [3.8, 4) is 11.4 Å². The lowest BCUT2D eigenvalue weighted by atomic mass is 9.79. The first-order chi connectivity index (χ1) is 20.2. The Morgan fingerprint density at radius 3 is 2.47 bits per heavy atom. The van der Waals surface area contributed by atoms with Crippen LogP contribution in [-0.2, 0) is 20.7 Å². The molecule has 1 aliphatic rings. The van der Waals surface area contributed by atoms with Crippen LogP contribution in [0.2, 0.25) is 0 Å². The third kappa shape index (κ3) is 8.46. The van der Waals surface area contributed by atoms with Crippen LogP contribution < -0.4 is 4.74 Å². The van der Waals surface area contributed by atoms with Crippen molar-refractivity contribution in [3.05, 3.63) is 35.7 Å². The molecule has 2 heterocycles. The van der Waals surface area contributed by atoms with Gasteiger partial charge in [0, 0.05) is 33.4 Å². The molecule has 1 saturated heterocycles. The van der Waals surface area contributed by atoms with Gasteiger partial charge in [-0.3, -0.25) is 9.59 Å². The second-order valence-electron chi connectivity index (χ2n) is 12.9. The van der Waals surface area contributed by atoms with Crippen molar-refractivity contribution >= 4 is 18.0 Å². The van der Waals surface area contributed by atoms with Crippen LogP contribution in [0.1, 0.15) is 77.0 Å². The SMILES string of the molecule is COCCCCc1c(C(=O)N(CC(C)C)[C@@H]2CN(C(=O)OC(C)(C)C)C[C@](C)(C(=O)O)C2)nnn1-c1ccccc1OC. The lowest BCUT2D eigenvalue weighted by Gasteiger charge is -2.46. The van der Waals surface area contributed by atoms with E-state index in [0.717, 1.165) is 12.8 Å². The summed E-state index contributed by atoms with van der Waals surface area (Å²) < 4.78 is 18.0. The normalized spacial score (nSPS) is 18.9. The predicted molar refractivity (Wildman–Crippen MR) is 161 cm³/mol. The van der Waals surface area contributed by atoms with Gasteiger partial charge in [-0.25, -0.2) is 9.48 Å². The van der Waals surface area contributed by atoms with Gasteiger partial charge >= 0.3 is 12.1 Å². The molecule has 2 atom stereocenters. The van der Waals surface area contributed by atoms with Gasteiger partial charge in [-0.15, -0.1) is 5.10 Å². The number of aliphatic carboxylic acids is 1. The second kappa shape index (κ2) is 14.2. The number of rotatable bonds is 12. The number of para-hydroxylation sites is 2. The molecule has 0 unspecified atom stereocenters. The summed E-state index contributed by atoms with van der Waals surface area (Å²) in [5.74, 6) is -0.753. The number of carbonyl (C=O) groups is 3. The van der Waals surface area contributed by atoms with Gasteiger partial charge in [0.05, 0.1) is 24.3 Å². The van der Waals surface area contributed by atoms with E-state index in [9.17, 15) is 19.5 Å². The van der Waals surface area contributed by atoms with Crippen molar-refractivity contribution in [2.75, 3.05) is 40.5 Å². The molecule has 43 heavy (non-hydrogen) atoms. The first-order valence-corrected chi connectivity index (χ1v) is 14.8. The number of hydrogen-bond donors (Lipinski definition) is 1. The lowest BCUT2D eigenvalue weighted by molar-refractivity contribution is -0.152. The molecule has 0 saturated carbocycles. The quantitative estimate of drug-likeness (QED) is 0.350. The van der Waals surface area contributed by atoms with E-state index in [0.29, 0.717) is 36.7 Å². The Balaban J connectivity index is 2.07. The standard InChI is InChI=1S/C31H47N5O7/c1-21(2)18-35(22-17-31(6,28(38)39)20-34(19-22)29(40)43-30(3,4)5)27(37)26-24(14-11-12-16-41-7)36(33-32-26)23-13-9-10-15-25(23)42-8/h9-10,13,15,21-22H,11-12,14,16-20H2,1-8H3,(H,38,39)/t22-,31+/m0/s1. The summed E-state index contributed by atoms with van der Waals surface area (Å²) >= 11 is 0. The summed E-state index contributed by atoms with van der Waals surface area (Å²) in [6, 6.07) is 6.80. The molecular formula is C31H47N5O7. The van der Waals surface area contributed by atoms with Gasteiger partial charge in [-0.1, -0.05) is 31.2 Å². The summed E-state index contributed by atoms with van der Waals surface area (Å²) in [5.41, 5.74) is -0.574. The molecule has 0 radical (unpaired) electrons. The van der Waals surface area contributed by atoms with Gasteiger partial charge in [0.25, 0.3) is 5.91 Å². The van der Waals surface area contributed by atoms with Crippen LogP contribution in [-0.4, -0.2) is 100.0 Å². The third-order valence-electron chi connectivity index (χ3n) is 7.38. The van der Waals surface area contributed by atoms with E-state index in [1.807, 2.05) is 38.1 Å². The van der Waals surface area contributed by atoms with Gasteiger partial charge in [-0.05, 0) is 71.4 Å². The first-order valence-electron chi connectivity index (χ1n) is 14.8. The summed E-state index contributed by atoms with van der Waals surface area (Å²) in [4.78, 5) is 43.2. The minimum atomic E-state index is -1.28. The number of hydrogen-bond acceptors (Lipinski definition) is 8. The first kappa shape index (κ1) is 33.8. The van der Waals surface area contributed by atoms with Gasteiger partial charge < -0.3 is 29.1 Å². The molecule has 12 heteroatoms. The van der Waals surface area contributed by atoms with Crippen molar-refractivity contribution in [2.24, 2.45) is 11.3 Å². The Morgan fingerprint density at radius 2 is 1.86 bits per heavy atom. The van der Waals surface area contributed by atoms with Crippen LogP contribution in [0.3, 0.4) is 0 Å². The number of unbranched alkanes of at least 4 members (excludes halogenated alkanes) is 1. The Hall–Kier alpha value is -3.67. The number of carbonyl (C=O) groups excluding carboxylic acids is 2. The van der Waals surface area contributed by atoms with Crippen LogP contribution in [0.4, 0.5) is 4.79 Å². The fourth-order valence-corrected chi connectivity index (χ4v) is 5.37. The van der Waals surface area contributed by atoms with Gasteiger partial charge in [0.1, 0.15) is 17.0 Å². The molecular weight excluding hydrogens is 554 g/mol. The smallest absolute Gasteiger partial charge is 0.410 e. The molecule has 0 bridgehead atoms. The summed E-state index contributed by atoms with van der Waals surface area (Å²) in [5, 5.41) is 19.0. The number of carboxylic acids is 1. The van der Waals surface area contributed by atoms with Crippen molar-refractivity contribution in [1.29, 1.82) is 0 Å². The zero-order valence-corrected chi connectivity index (χ0v) is 26.8. The maximum absolute atomic E-state index is 14.4. The number of aromatic nitrogens is 3. The van der Waals surface area contributed by atoms with E-state index < -0.39 is 29.1 Å². The highest BCUT2D eigenvalue weighted by atomic mass is 16.6. The van der Waals surface area contributed by atoms with Gasteiger partial charge in [0.15, 0.2) is 5.69 Å². The maximum Gasteiger partial charge on any atom is 0.410 e. The second-order valence-corrected chi connectivity index (χ2v) is 12.9. The highest BCUT2D eigenvalue weighted by Crippen LogP contribution is 2.34. The van der Waals surface area contributed by atoms with E-state index >= 15 is 0 Å². The van der Waals surface area contributed by atoms with E-state index in [-0.39, 0.29) is 37.0 Å². The molecule has 1 N–H and O–H groups in total. The van der Waals surface area contributed by atoms with Crippen LogP contribution in [0, 0.1) is 11.3 Å². The Labute approximate surface area is 254 Å². The lowest BCUT2D eigenvalue weighted by Crippen LogP contribution is -2.60. The average molecular weight is 602 g/mol. The van der Waals surface area contributed by atoms with E-state index in [1.54, 1.807) is 51.5 Å². The van der Waals surface area contributed by atoms with Crippen LogP contribution in [0.25, 0.3) is 5.69 Å². The monoisotopic (exact) mass is 601 g/mol. The molecule has 1 aliphatic heterocycles. The average Bonchev–Trinajstić information content (AvgIpc) is 3.35. The highest BCUT2D eigenvalue weighted by molar-refractivity contribution is 5.94. The number of methoxy groups -OCH3 is 2. The molecule has 1 aromatic carbocycles. The van der Waals surface area contributed by atoms with Crippen molar-refractivity contribution in [2.45, 2.75) is 78.9 Å². The Bertz CT molecular complexity index is 1270. The van der Waals surface area contributed by atoms with E-state index in [1.165, 1.54) is 4.90 Å². The number of amides is 2. The molecule has 0 aliphatic carbocycles. The third-order valence-corrected chi connectivity index (χ3v) is 7.38. The molecule has 2 amide bonds. The largest absolute Gasteiger partial charge is 0.494 e. The summed E-state index contributed by atoms with van der Waals surface area (Å²) in [6.45, 7) is 11.9. The number of carboxylic acid groups (broad SMARTS) is 1. The minimum absolute atomic E-state index is 0.0216. The summed E-state index contributed by atoms with van der Waals surface area (Å²) in [7, 11) is 3.22. The molecule has 2 aromatic rings. The van der Waals surface area contributed by atoms with Gasteiger partial charge in [0.2, 0.25) is 0 Å². The number of ether oxygens (including phenoxy) is 3. The highest BCUT2D eigenvalue weighted by Gasteiger charge is 2.47. The fraction of sp³-hybridized carbons (Fsp3) is 0.645. The van der Waals surface area contributed by atoms with E-state index in [4.69, 9.17) is 14.2 Å². The van der Waals surface area contributed by atoms with Crippen molar-refractivity contribution < 1.29 is 33.7 Å². The summed E-state index contributed by atoms with van der Waals surface area (Å²) in [6.07, 6.45) is 1.58. The number of piperidine rings is 1. The molecule has 1 fully saturated rings. The molecule has 3 rings (SSSR count). The molecule has 0 spiro atoms. The number of benzene rings is 1. The van der Waals surface area contributed by atoms with Crippen LogP contribution >= 0.6 is 0 Å². The predicted octanol–water partition coefficient (Wildman–Crippen LogP) is 4.44. The van der Waals surface area contributed by atoms with E-state index in [2.05, 4.69) is 10.3 Å². The Kier molecular flexibility index (Phi) is 11.2. The fourth-order valence-electron chi connectivity index (χ4n) is 5.37. The molecule has 238 valence electrons. The van der Waals surface area contributed by atoms with Gasteiger partial charge in [-0.2, -0.15) is 0 Å². The zero-order valence-electron chi connectivity index (χ0n) is 26.8. The Morgan fingerprint density at radius 1 is 1.16 bits per heavy atom. The topological polar surface area (TPSA) is 136 Å². The zero-order chi connectivity index (χ0) is 31.9. The van der Waals surface area contributed by atoms with Crippen molar-refractivity contribution in [1.82, 2.24) is 24.8 Å².